The van der Waals surface area contributed by atoms with Gasteiger partial charge in [-0.1, -0.05) is 18.7 Å². The fourth-order valence-electron chi connectivity index (χ4n) is 3.02. The van der Waals surface area contributed by atoms with Gasteiger partial charge in [-0.05, 0) is 29.8 Å². The van der Waals surface area contributed by atoms with Crippen LogP contribution >= 0.6 is 0 Å². The Morgan fingerprint density at radius 2 is 2.07 bits per heavy atom. The first-order chi connectivity index (χ1) is 14.5. The molecule has 0 bridgehead atoms. The first-order valence-corrected chi connectivity index (χ1v) is 9.16. The van der Waals surface area contributed by atoms with Crippen molar-refractivity contribution in [2.75, 3.05) is 10.6 Å². The Morgan fingerprint density at radius 3 is 2.83 bits per heavy atom. The van der Waals surface area contributed by atoms with Gasteiger partial charge in [0.15, 0.2) is 0 Å². The molecule has 30 heavy (non-hydrogen) atoms. The van der Waals surface area contributed by atoms with Gasteiger partial charge in [-0.25, -0.2) is 4.98 Å². The zero-order valence-electron chi connectivity index (χ0n) is 16.2. The molecule has 0 unspecified atom stereocenters. The van der Waals surface area contributed by atoms with E-state index in [1.807, 2.05) is 25.2 Å². The number of amides is 1. The van der Waals surface area contributed by atoms with E-state index in [9.17, 15) is 9.59 Å². The Kier molecular flexibility index (Phi) is 5.08. The molecule has 3 heterocycles. The monoisotopic (exact) mass is 401 g/mol. The Labute approximate surface area is 171 Å². The minimum Gasteiger partial charge on any atom is -0.323 e. The molecule has 9 nitrogen and oxygen atoms in total. The Balaban J connectivity index is 1.69. The third-order valence-corrected chi connectivity index (χ3v) is 4.40. The zero-order chi connectivity index (χ0) is 21.1. The number of carbonyl (C=O) groups excluding carboxylic acids is 1. The first-order valence-electron chi connectivity index (χ1n) is 9.16. The highest BCUT2D eigenvalue weighted by Gasteiger charge is 2.09. The van der Waals surface area contributed by atoms with E-state index in [1.165, 1.54) is 12.1 Å². The van der Waals surface area contributed by atoms with Crippen molar-refractivity contribution in [3.63, 3.8) is 0 Å². The van der Waals surface area contributed by atoms with Crippen molar-refractivity contribution in [3.05, 3.63) is 83.6 Å². The number of hydrogen-bond donors (Lipinski definition) is 2. The summed E-state index contributed by atoms with van der Waals surface area (Å²) in [6.07, 6.45) is 6.33. The summed E-state index contributed by atoms with van der Waals surface area (Å²) >= 11 is 0. The van der Waals surface area contributed by atoms with Crippen LogP contribution < -0.4 is 16.2 Å². The second-order valence-electron chi connectivity index (χ2n) is 6.65. The minimum atomic E-state index is -0.298. The summed E-state index contributed by atoms with van der Waals surface area (Å²) in [7, 11) is 1.82. The van der Waals surface area contributed by atoms with E-state index in [1.54, 1.807) is 40.0 Å². The van der Waals surface area contributed by atoms with Crippen molar-refractivity contribution < 1.29 is 4.79 Å². The van der Waals surface area contributed by atoms with Crippen molar-refractivity contribution >= 4 is 34.3 Å². The average Bonchev–Trinajstić information content (AvgIpc) is 3.15. The molecule has 150 valence electrons. The summed E-state index contributed by atoms with van der Waals surface area (Å²) in [4.78, 5) is 33.0. The van der Waals surface area contributed by atoms with Gasteiger partial charge >= 0.3 is 0 Å². The number of nitrogens with zero attached hydrogens (tertiary/aromatic N) is 5. The van der Waals surface area contributed by atoms with Gasteiger partial charge in [0.1, 0.15) is 5.65 Å². The highest BCUT2D eigenvalue weighted by atomic mass is 16.1. The predicted molar refractivity (Wildman–Crippen MR) is 115 cm³/mol. The van der Waals surface area contributed by atoms with E-state index in [4.69, 9.17) is 0 Å². The van der Waals surface area contributed by atoms with Crippen LogP contribution in [-0.4, -0.2) is 30.2 Å². The van der Waals surface area contributed by atoms with Crippen LogP contribution in [0, 0.1) is 0 Å². The highest BCUT2D eigenvalue weighted by Crippen LogP contribution is 2.17. The topological polar surface area (TPSA) is 107 Å². The smallest absolute Gasteiger partial charge is 0.252 e. The van der Waals surface area contributed by atoms with Crippen LogP contribution in [0.15, 0.2) is 72.4 Å². The normalized spacial score (nSPS) is 10.7. The molecule has 3 aromatic heterocycles. The van der Waals surface area contributed by atoms with Crippen LogP contribution in [0.3, 0.4) is 0 Å². The largest absolute Gasteiger partial charge is 0.323 e. The maximum Gasteiger partial charge on any atom is 0.252 e. The summed E-state index contributed by atoms with van der Waals surface area (Å²) in [6, 6.07) is 10.5. The molecule has 0 radical (unpaired) electrons. The van der Waals surface area contributed by atoms with Crippen LogP contribution in [0.2, 0.25) is 0 Å². The standard InChI is InChI=1S/C21H19N7O2/c1-3-18(29)24-16-6-4-5-14(9-16)12-28-19(30)8-7-15-10-22-21(26-20(15)28)25-17-11-23-27(2)13-17/h3-11,13H,1,12H2,2H3,(H,24,29)(H,22,25,26). The molecule has 0 spiro atoms. The van der Waals surface area contributed by atoms with E-state index in [0.717, 1.165) is 16.6 Å². The van der Waals surface area contributed by atoms with E-state index in [2.05, 4.69) is 32.3 Å². The van der Waals surface area contributed by atoms with Gasteiger partial charge in [0.2, 0.25) is 11.9 Å². The number of carbonyl (C=O) groups is 1. The summed E-state index contributed by atoms with van der Waals surface area (Å²) in [5, 5.41) is 10.6. The molecule has 0 atom stereocenters. The van der Waals surface area contributed by atoms with Gasteiger partial charge in [0, 0.05) is 36.6 Å². The van der Waals surface area contributed by atoms with Gasteiger partial charge in [0.25, 0.3) is 5.56 Å². The van der Waals surface area contributed by atoms with Gasteiger partial charge in [-0.15, -0.1) is 0 Å². The van der Waals surface area contributed by atoms with Crippen LogP contribution in [0.5, 0.6) is 0 Å². The Morgan fingerprint density at radius 1 is 1.20 bits per heavy atom. The van der Waals surface area contributed by atoms with Gasteiger partial charge in [-0.3, -0.25) is 18.8 Å². The van der Waals surface area contributed by atoms with Crippen molar-refractivity contribution in [3.8, 4) is 0 Å². The second-order valence-corrected chi connectivity index (χ2v) is 6.65. The summed E-state index contributed by atoms with van der Waals surface area (Å²) < 4.78 is 3.23. The molecule has 1 aromatic carbocycles. The molecule has 0 saturated heterocycles. The number of aryl methyl sites for hydroxylation is 1. The maximum absolute atomic E-state index is 12.6. The van der Waals surface area contributed by atoms with Crippen LogP contribution in [-0.2, 0) is 18.4 Å². The van der Waals surface area contributed by atoms with Crippen molar-refractivity contribution in [2.24, 2.45) is 7.05 Å². The molecule has 2 N–H and O–H groups in total. The average molecular weight is 401 g/mol. The molecule has 0 fully saturated rings. The molecule has 0 aliphatic heterocycles. The van der Waals surface area contributed by atoms with Crippen LogP contribution in [0.25, 0.3) is 11.0 Å². The quantitative estimate of drug-likeness (QED) is 0.481. The van der Waals surface area contributed by atoms with Crippen LogP contribution in [0.1, 0.15) is 5.56 Å². The molecule has 0 aliphatic carbocycles. The molecule has 1 amide bonds. The molecule has 9 heteroatoms. The molecule has 0 aliphatic rings. The Bertz CT molecular complexity index is 1310. The van der Waals surface area contributed by atoms with Gasteiger partial charge < -0.3 is 10.6 Å². The molecule has 4 rings (SSSR count). The fourth-order valence-corrected chi connectivity index (χ4v) is 3.02. The number of benzene rings is 1. The van der Waals surface area contributed by atoms with Crippen LogP contribution in [0.4, 0.5) is 17.3 Å². The van der Waals surface area contributed by atoms with E-state index in [-0.39, 0.29) is 18.0 Å². The highest BCUT2D eigenvalue weighted by molar-refractivity contribution is 5.98. The van der Waals surface area contributed by atoms with Gasteiger partial charge in [0.05, 0.1) is 18.4 Å². The zero-order valence-corrected chi connectivity index (χ0v) is 16.2. The Hall–Kier alpha value is -4.27. The number of aromatic nitrogens is 5. The van der Waals surface area contributed by atoms with Crippen molar-refractivity contribution in [2.45, 2.75) is 6.54 Å². The number of hydrogen-bond acceptors (Lipinski definition) is 6. The lowest BCUT2D eigenvalue weighted by Gasteiger charge is -2.11. The molecule has 0 saturated carbocycles. The maximum atomic E-state index is 12.6. The lowest BCUT2D eigenvalue weighted by Crippen LogP contribution is -2.21. The lowest BCUT2D eigenvalue weighted by molar-refractivity contribution is -0.111. The second kappa shape index (κ2) is 8.00. The fraction of sp³-hybridized carbons (Fsp3) is 0.0952. The minimum absolute atomic E-state index is 0.186. The first kappa shape index (κ1) is 19.1. The number of fused-ring (bicyclic) bond motifs is 1. The van der Waals surface area contributed by atoms with E-state index >= 15 is 0 Å². The summed E-state index contributed by atoms with van der Waals surface area (Å²) in [5.41, 5.74) is 2.52. The number of anilines is 3. The molecular weight excluding hydrogens is 382 g/mol. The van der Waals surface area contributed by atoms with E-state index < -0.39 is 0 Å². The van der Waals surface area contributed by atoms with E-state index in [0.29, 0.717) is 17.3 Å². The number of rotatable bonds is 6. The lowest BCUT2D eigenvalue weighted by atomic mass is 10.2. The molecular formula is C21H19N7O2. The van der Waals surface area contributed by atoms with Crippen molar-refractivity contribution in [1.82, 2.24) is 24.3 Å². The number of pyridine rings is 1. The third kappa shape index (κ3) is 4.09. The molecule has 4 aromatic rings. The number of nitrogens with one attached hydrogen (secondary N) is 2. The van der Waals surface area contributed by atoms with Crippen molar-refractivity contribution in [1.29, 1.82) is 0 Å². The predicted octanol–water partition coefficient (Wildman–Crippen LogP) is 2.44. The summed E-state index contributed by atoms with van der Waals surface area (Å²) in [6.45, 7) is 3.74. The third-order valence-electron chi connectivity index (χ3n) is 4.40. The summed E-state index contributed by atoms with van der Waals surface area (Å²) in [5.74, 6) is 0.0650. The SMILES string of the molecule is C=CC(=O)Nc1cccc(Cn2c(=O)ccc3cnc(Nc4cnn(C)c4)nc32)c1. The van der Waals surface area contributed by atoms with Gasteiger partial charge in [-0.2, -0.15) is 10.1 Å².